The van der Waals surface area contributed by atoms with E-state index in [4.69, 9.17) is 9.47 Å². The molecule has 164 valence electrons. The van der Waals surface area contributed by atoms with Gasteiger partial charge >= 0.3 is 12.1 Å². The Morgan fingerprint density at radius 3 is 2.34 bits per heavy atom. The first kappa shape index (κ1) is 20.3. The number of hydrogen-bond acceptors (Lipinski definition) is 5. The van der Waals surface area contributed by atoms with Crippen molar-refractivity contribution in [2.45, 2.75) is 31.8 Å². The highest BCUT2D eigenvalue weighted by molar-refractivity contribution is 6.01. The van der Waals surface area contributed by atoms with Crippen LogP contribution < -0.4 is 0 Å². The second-order valence-electron chi connectivity index (χ2n) is 8.61. The molecule has 5 rings (SSSR count). The van der Waals surface area contributed by atoms with E-state index < -0.39 is 23.0 Å². The minimum absolute atomic E-state index is 0.0210. The monoisotopic (exact) mass is 432 g/mol. The summed E-state index contributed by atoms with van der Waals surface area (Å²) in [5.41, 5.74) is 1.05. The molecule has 7 heteroatoms. The zero-order chi connectivity index (χ0) is 22.7. The van der Waals surface area contributed by atoms with Gasteiger partial charge in [0.05, 0.1) is 25.3 Å². The van der Waals surface area contributed by atoms with Crippen molar-refractivity contribution in [3.63, 3.8) is 0 Å². The Bertz CT molecular complexity index is 1260. The SMILES string of the molecule is COC(=O)n1c2c(c3ccccc31)[C@@]1(C)N(Cc3ccccc3)C(=O)C[C@@]1(C(=O)OC)C2. The largest absolute Gasteiger partial charge is 0.468 e. The standard InChI is InChI=1S/C25H24N2O5/c1-24-21-17-11-7-8-12-18(17)27(23(30)32-3)19(21)13-25(24,22(29)31-2)14-20(28)26(24)15-16-9-5-4-6-10-16/h4-12H,13-15H2,1-3H3/t24-,25-/m1/s1. The van der Waals surface area contributed by atoms with Crippen LogP contribution in [0.1, 0.15) is 30.2 Å². The molecule has 3 aromatic rings. The Kier molecular flexibility index (Phi) is 4.41. The number of aromatic nitrogens is 1. The number of rotatable bonds is 3. The van der Waals surface area contributed by atoms with Gasteiger partial charge in [-0.3, -0.25) is 9.59 Å². The molecule has 2 aliphatic rings. The summed E-state index contributed by atoms with van der Waals surface area (Å²) in [6.07, 6.45) is -0.286. The molecule has 1 amide bonds. The summed E-state index contributed by atoms with van der Waals surface area (Å²) in [4.78, 5) is 41.3. The van der Waals surface area contributed by atoms with Gasteiger partial charge in [0.1, 0.15) is 5.41 Å². The average Bonchev–Trinajstić information content (AvgIpc) is 3.34. The minimum Gasteiger partial charge on any atom is -0.468 e. The Hall–Kier alpha value is -3.61. The molecule has 1 saturated heterocycles. The Labute approximate surface area is 185 Å². The molecule has 7 nitrogen and oxygen atoms in total. The van der Waals surface area contributed by atoms with Gasteiger partial charge in [-0.05, 0) is 18.6 Å². The number of carbonyl (C=O) groups excluding carboxylic acids is 3. The molecule has 0 N–H and O–H groups in total. The van der Waals surface area contributed by atoms with Crippen LogP contribution in [0.5, 0.6) is 0 Å². The van der Waals surface area contributed by atoms with Crippen molar-refractivity contribution in [1.29, 1.82) is 0 Å². The first-order valence-electron chi connectivity index (χ1n) is 10.5. The van der Waals surface area contributed by atoms with E-state index >= 15 is 0 Å². The molecule has 0 radical (unpaired) electrons. The number of carbonyl (C=O) groups is 3. The third-order valence-electron chi connectivity index (χ3n) is 7.27. The van der Waals surface area contributed by atoms with Crippen molar-refractivity contribution in [3.8, 4) is 0 Å². The second-order valence-corrected chi connectivity index (χ2v) is 8.61. The zero-order valence-corrected chi connectivity index (χ0v) is 18.3. The average molecular weight is 432 g/mol. The number of esters is 1. The summed E-state index contributed by atoms with van der Waals surface area (Å²) >= 11 is 0. The normalized spacial score (nSPS) is 23.8. The van der Waals surface area contributed by atoms with Gasteiger partial charge in [-0.2, -0.15) is 0 Å². The molecule has 0 saturated carbocycles. The lowest BCUT2D eigenvalue weighted by Gasteiger charge is -2.41. The summed E-state index contributed by atoms with van der Waals surface area (Å²) in [7, 11) is 2.68. The Balaban J connectivity index is 1.80. The lowest BCUT2D eigenvalue weighted by molar-refractivity contribution is -0.158. The van der Waals surface area contributed by atoms with Gasteiger partial charge in [-0.1, -0.05) is 48.5 Å². The maximum atomic E-state index is 13.4. The van der Waals surface area contributed by atoms with Crippen LogP contribution in [0.2, 0.25) is 0 Å². The minimum atomic E-state index is -1.13. The van der Waals surface area contributed by atoms with Crippen LogP contribution in [0.4, 0.5) is 4.79 Å². The molecule has 2 aromatic carbocycles. The van der Waals surface area contributed by atoms with Crippen LogP contribution in [0.15, 0.2) is 54.6 Å². The molecule has 32 heavy (non-hydrogen) atoms. The third-order valence-corrected chi connectivity index (χ3v) is 7.27. The van der Waals surface area contributed by atoms with Crippen LogP contribution in [-0.2, 0) is 37.6 Å². The van der Waals surface area contributed by atoms with Crippen LogP contribution in [0.25, 0.3) is 10.9 Å². The molecule has 0 spiro atoms. The van der Waals surface area contributed by atoms with Gasteiger partial charge in [0.25, 0.3) is 0 Å². The summed E-state index contributed by atoms with van der Waals surface area (Å²) < 4.78 is 11.9. The van der Waals surface area contributed by atoms with Gasteiger partial charge in [0, 0.05) is 36.0 Å². The summed E-state index contributed by atoms with van der Waals surface area (Å²) in [6.45, 7) is 2.28. The van der Waals surface area contributed by atoms with E-state index in [1.807, 2.05) is 61.5 Å². The summed E-state index contributed by atoms with van der Waals surface area (Å²) in [6, 6.07) is 17.2. The second kappa shape index (κ2) is 6.95. The van der Waals surface area contributed by atoms with E-state index in [-0.39, 0.29) is 18.7 Å². The number of hydrogen-bond donors (Lipinski definition) is 0. The van der Waals surface area contributed by atoms with Crippen LogP contribution in [0.3, 0.4) is 0 Å². The summed E-state index contributed by atoms with van der Waals surface area (Å²) in [5.74, 6) is -0.553. The number of fused-ring (bicyclic) bond motifs is 5. The van der Waals surface area contributed by atoms with E-state index in [1.54, 1.807) is 4.90 Å². The first-order chi connectivity index (χ1) is 15.4. The van der Waals surface area contributed by atoms with Crippen molar-refractivity contribution in [2.75, 3.05) is 14.2 Å². The number of para-hydroxylation sites is 1. The third kappa shape index (κ3) is 2.39. The van der Waals surface area contributed by atoms with E-state index in [0.717, 1.165) is 16.5 Å². The molecule has 1 aromatic heterocycles. The quantitative estimate of drug-likeness (QED) is 0.591. The summed E-state index contributed by atoms with van der Waals surface area (Å²) in [5, 5.41) is 0.828. The topological polar surface area (TPSA) is 77.8 Å². The smallest absolute Gasteiger partial charge is 0.418 e. The molecule has 2 atom stereocenters. The van der Waals surface area contributed by atoms with Crippen LogP contribution in [0, 0.1) is 5.41 Å². The Morgan fingerprint density at radius 1 is 0.969 bits per heavy atom. The predicted octanol–water partition coefficient (Wildman–Crippen LogP) is 3.62. The van der Waals surface area contributed by atoms with Gasteiger partial charge < -0.3 is 14.4 Å². The fourth-order valence-corrected chi connectivity index (χ4v) is 5.78. The van der Waals surface area contributed by atoms with E-state index in [1.165, 1.54) is 18.8 Å². The van der Waals surface area contributed by atoms with Crippen LogP contribution in [-0.4, -0.2) is 41.7 Å². The molecule has 0 unspecified atom stereocenters. The fourth-order valence-electron chi connectivity index (χ4n) is 5.78. The van der Waals surface area contributed by atoms with Crippen molar-refractivity contribution < 1.29 is 23.9 Å². The first-order valence-corrected chi connectivity index (χ1v) is 10.5. The molecule has 1 fully saturated rings. The van der Waals surface area contributed by atoms with E-state index in [9.17, 15) is 14.4 Å². The van der Waals surface area contributed by atoms with Crippen molar-refractivity contribution in [2.24, 2.45) is 5.41 Å². The number of nitrogens with zero attached hydrogens (tertiary/aromatic N) is 2. The van der Waals surface area contributed by atoms with Gasteiger partial charge in [0.15, 0.2) is 0 Å². The lowest BCUT2D eigenvalue weighted by Crippen LogP contribution is -2.50. The molecule has 2 heterocycles. The molecular formula is C25H24N2O5. The predicted molar refractivity (Wildman–Crippen MR) is 117 cm³/mol. The maximum Gasteiger partial charge on any atom is 0.418 e. The number of likely N-dealkylation sites (tertiary alicyclic amines) is 1. The fraction of sp³-hybridized carbons (Fsp3) is 0.320. The van der Waals surface area contributed by atoms with Gasteiger partial charge in [-0.15, -0.1) is 0 Å². The van der Waals surface area contributed by atoms with E-state index in [0.29, 0.717) is 17.8 Å². The number of benzene rings is 2. The molecule has 1 aliphatic carbocycles. The number of ether oxygens (including phenoxy) is 2. The lowest BCUT2D eigenvalue weighted by atomic mass is 9.70. The van der Waals surface area contributed by atoms with Crippen molar-refractivity contribution in [1.82, 2.24) is 9.47 Å². The number of amides is 1. The van der Waals surface area contributed by atoms with Gasteiger partial charge in [0.2, 0.25) is 5.91 Å². The molecular weight excluding hydrogens is 408 g/mol. The van der Waals surface area contributed by atoms with E-state index in [2.05, 4.69) is 0 Å². The molecule has 0 bridgehead atoms. The highest BCUT2D eigenvalue weighted by Crippen LogP contribution is 2.63. The van der Waals surface area contributed by atoms with Crippen LogP contribution >= 0.6 is 0 Å². The van der Waals surface area contributed by atoms with Crippen molar-refractivity contribution >= 4 is 28.9 Å². The number of methoxy groups -OCH3 is 2. The Morgan fingerprint density at radius 2 is 1.66 bits per heavy atom. The highest BCUT2D eigenvalue weighted by Gasteiger charge is 2.70. The van der Waals surface area contributed by atoms with Gasteiger partial charge in [-0.25, -0.2) is 9.36 Å². The molecule has 1 aliphatic heterocycles. The maximum absolute atomic E-state index is 13.4. The highest BCUT2D eigenvalue weighted by atomic mass is 16.5. The zero-order valence-electron chi connectivity index (χ0n) is 18.3. The van der Waals surface area contributed by atoms with Crippen molar-refractivity contribution in [3.05, 3.63) is 71.4 Å².